The van der Waals surface area contributed by atoms with Crippen LogP contribution < -0.4 is 15.2 Å². The Labute approximate surface area is 221 Å². The van der Waals surface area contributed by atoms with E-state index in [4.69, 9.17) is 9.47 Å². The molecule has 4 heterocycles. The zero-order valence-corrected chi connectivity index (χ0v) is 21.8. The lowest BCUT2D eigenvalue weighted by Gasteiger charge is -2.39. The van der Waals surface area contributed by atoms with Crippen molar-refractivity contribution in [3.05, 3.63) is 75.8 Å². The van der Waals surface area contributed by atoms with E-state index in [2.05, 4.69) is 55.4 Å². The van der Waals surface area contributed by atoms with Crippen LogP contribution in [0.1, 0.15) is 35.8 Å². The number of nitrogens with one attached hydrogen (secondary N) is 1. The van der Waals surface area contributed by atoms with Crippen molar-refractivity contribution in [1.82, 2.24) is 30.1 Å². The molecule has 0 bridgehead atoms. The van der Waals surface area contributed by atoms with Gasteiger partial charge in [-0.15, -0.1) is 5.10 Å². The van der Waals surface area contributed by atoms with Crippen LogP contribution in [0.15, 0.2) is 53.3 Å². The molecule has 198 valence electrons. The zero-order chi connectivity index (χ0) is 26.1. The average molecular weight is 516 g/mol. The lowest BCUT2D eigenvalue weighted by molar-refractivity contribution is 0.0906. The second-order valence-corrected chi connectivity index (χ2v) is 10.1. The first-order chi connectivity index (χ1) is 18.6. The molecular weight excluding hydrogens is 482 g/mol. The number of hydrogen-bond acceptors (Lipinski definition) is 8. The molecule has 6 rings (SSSR count). The number of nitrogens with zero attached hydrogens (tertiary/aromatic N) is 6. The van der Waals surface area contributed by atoms with Crippen LogP contribution in [0, 0.1) is 6.92 Å². The smallest absolute Gasteiger partial charge is 0.253 e. The molecule has 2 atom stereocenters. The Morgan fingerprint density at radius 2 is 1.92 bits per heavy atom. The molecule has 2 aromatic heterocycles. The van der Waals surface area contributed by atoms with Crippen LogP contribution in [0.25, 0.3) is 10.9 Å². The Morgan fingerprint density at radius 1 is 1.11 bits per heavy atom. The van der Waals surface area contributed by atoms with Crippen LogP contribution in [-0.4, -0.2) is 76.1 Å². The molecule has 4 aromatic rings. The molecular formula is C28H33N7O3. The number of methoxy groups -OCH3 is 1. The van der Waals surface area contributed by atoms with E-state index in [1.54, 1.807) is 7.11 Å². The van der Waals surface area contributed by atoms with Crippen LogP contribution in [0.5, 0.6) is 5.75 Å². The number of tetrazole rings is 1. The van der Waals surface area contributed by atoms with Gasteiger partial charge in [0.1, 0.15) is 11.8 Å². The van der Waals surface area contributed by atoms with Crippen LogP contribution in [-0.2, 0) is 11.3 Å². The molecule has 0 aliphatic carbocycles. The van der Waals surface area contributed by atoms with Gasteiger partial charge in [-0.3, -0.25) is 9.69 Å². The van der Waals surface area contributed by atoms with E-state index in [9.17, 15) is 4.79 Å². The Kier molecular flexibility index (Phi) is 6.82. The predicted molar refractivity (Wildman–Crippen MR) is 145 cm³/mol. The monoisotopic (exact) mass is 515 g/mol. The maximum atomic E-state index is 13.5. The normalized spacial score (nSPS) is 19.2. The molecule has 0 saturated carbocycles. The van der Waals surface area contributed by atoms with Gasteiger partial charge in [0.2, 0.25) is 0 Å². The number of rotatable bonds is 7. The minimum Gasteiger partial charge on any atom is -0.497 e. The number of ether oxygens (including phenoxy) is 2. The lowest BCUT2D eigenvalue weighted by Crippen LogP contribution is -2.49. The fourth-order valence-corrected chi connectivity index (χ4v) is 5.60. The molecule has 10 nitrogen and oxygen atoms in total. The summed E-state index contributed by atoms with van der Waals surface area (Å²) >= 11 is 0. The highest BCUT2D eigenvalue weighted by atomic mass is 16.5. The molecule has 0 unspecified atom stereocenters. The van der Waals surface area contributed by atoms with Gasteiger partial charge < -0.3 is 19.4 Å². The summed E-state index contributed by atoms with van der Waals surface area (Å²) in [6.07, 6.45) is 2.12. The number of hydrogen-bond donors (Lipinski definition) is 1. The zero-order valence-electron chi connectivity index (χ0n) is 21.8. The van der Waals surface area contributed by atoms with Gasteiger partial charge in [0.05, 0.1) is 19.8 Å². The highest BCUT2D eigenvalue weighted by molar-refractivity contribution is 5.79. The Morgan fingerprint density at radius 3 is 2.66 bits per heavy atom. The Hall–Kier alpha value is -3.76. The third-order valence-corrected chi connectivity index (χ3v) is 7.64. The molecule has 2 saturated heterocycles. The summed E-state index contributed by atoms with van der Waals surface area (Å²) in [6.45, 7) is 6.56. The topological polar surface area (TPSA) is 101 Å². The summed E-state index contributed by atoms with van der Waals surface area (Å²) in [7, 11) is 1.68. The summed E-state index contributed by atoms with van der Waals surface area (Å²) < 4.78 is 13.0. The molecule has 2 fully saturated rings. The maximum Gasteiger partial charge on any atom is 0.253 e. The van der Waals surface area contributed by atoms with E-state index in [-0.39, 0.29) is 17.7 Å². The number of aryl methyl sites for hydroxylation is 1. The fourth-order valence-electron chi connectivity index (χ4n) is 5.60. The van der Waals surface area contributed by atoms with E-state index in [1.165, 1.54) is 0 Å². The molecule has 1 N–H and O–H groups in total. The van der Waals surface area contributed by atoms with Crippen molar-refractivity contribution < 1.29 is 9.47 Å². The molecule has 38 heavy (non-hydrogen) atoms. The number of aromatic nitrogens is 5. The van der Waals surface area contributed by atoms with Crippen LogP contribution >= 0.6 is 0 Å². The summed E-state index contributed by atoms with van der Waals surface area (Å²) in [4.78, 5) is 21.3. The summed E-state index contributed by atoms with van der Waals surface area (Å²) in [5, 5.41) is 13.8. The van der Waals surface area contributed by atoms with E-state index in [0.717, 1.165) is 73.5 Å². The quantitative estimate of drug-likeness (QED) is 0.401. The number of aromatic amines is 1. The second-order valence-electron chi connectivity index (χ2n) is 10.1. The van der Waals surface area contributed by atoms with E-state index >= 15 is 0 Å². The number of pyridine rings is 1. The molecule has 0 spiro atoms. The van der Waals surface area contributed by atoms with Crippen molar-refractivity contribution >= 4 is 16.6 Å². The first kappa shape index (κ1) is 24.6. The average Bonchev–Trinajstić information content (AvgIpc) is 3.63. The minimum absolute atomic E-state index is 0.0855. The van der Waals surface area contributed by atoms with E-state index < -0.39 is 0 Å². The minimum atomic E-state index is -0.377. The third kappa shape index (κ3) is 4.89. The number of anilines is 1. The van der Waals surface area contributed by atoms with Gasteiger partial charge in [-0.05, 0) is 78.0 Å². The van der Waals surface area contributed by atoms with Crippen molar-refractivity contribution in [2.24, 2.45) is 0 Å². The van der Waals surface area contributed by atoms with Gasteiger partial charge in [0, 0.05) is 49.6 Å². The molecule has 0 radical (unpaired) electrons. The fraction of sp³-hybridized carbons (Fsp3) is 0.429. The highest BCUT2D eigenvalue weighted by Gasteiger charge is 2.33. The Bertz CT molecular complexity index is 1450. The summed E-state index contributed by atoms with van der Waals surface area (Å²) in [5.74, 6) is 1.52. The Balaban J connectivity index is 1.34. The van der Waals surface area contributed by atoms with Gasteiger partial charge in [0.15, 0.2) is 5.82 Å². The summed E-state index contributed by atoms with van der Waals surface area (Å²) in [5.41, 5.74) is 3.67. The molecule has 2 aliphatic rings. The van der Waals surface area contributed by atoms with Crippen LogP contribution in [0.4, 0.5) is 5.69 Å². The first-order valence-electron chi connectivity index (χ1n) is 13.2. The van der Waals surface area contributed by atoms with Gasteiger partial charge in [-0.25, -0.2) is 4.68 Å². The van der Waals surface area contributed by atoms with Gasteiger partial charge >= 0.3 is 0 Å². The van der Waals surface area contributed by atoms with Crippen LogP contribution in [0.2, 0.25) is 0 Å². The highest BCUT2D eigenvalue weighted by Crippen LogP contribution is 2.30. The van der Waals surface area contributed by atoms with Crippen molar-refractivity contribution in [3.8, 4) is 5.75 Å². The van der Waals surface area contributed by atoms with E-state index in [0.29, 0.717) is 17.9 Å². The third-order valence-electron chi connectivity index (χ3n) is 7.64. The first-order valence-corrected chi connectivity index (χ1v) is 13.2. The van der Waals surface area contributed by atoms with Crippen molar-refractivity contribution in [2.75, 3.05) is 44.8 Å². The van der Waals surface area contributed by atoms with Crippen molar-refractivity contribution in [2.45, 2.75) is 38.5 Å². The number of H-pyrrole nitrogens is 1. The lowest BCUT2D eigenvalue weighted by atomic mass is 10.0. The van der Waals surface area contributed by atoms with Gasteiger partial charge in [0.25, 0.3) is 5.56 Å². The standard InChI is InChI=1S/C28H33N7O3/c1-19-5-10-25-20(16-19)17-24(28(36)29-25)26(27-30-31-32-35(27)18-23-4-3-15-38-23)34-13-11-33(12-14-34)21-6-8-22(37-2)9-7-21/h5-10,16-17,23,26H,3-4,11-15,18H2,1-2H3,(H,29,36)/t23-,26+/m1/s1. The summed E-state index contributed by atoms with van der Waals surface area (Å²) in [6, 6.07) is 15.8. The van der Waals surface area contributed by atoms with Crippen molar-refractivity contribution in [3.63, 3.8) is 0 Å². The number of piperazine rings is 1. The van der Waals surface area contributed by atoms with Gasteiger partial charge in [-0.1, -0.05) is 11.6 Å². The van der Waals surface area contributed by atoms with Gasteiger partial charge in [-0.2, -0.15) is 0 Å². The van der Waals surface area contributed by atoms with E-state index in [1.807, 2.05) is 35.0 Å². The second kappa shape index (κ2) is 10.5. The van der Waals surface area contributed by atoms with Crippen LogP contribution in [0.3, 0.4) is 0 Å². The molecule has 10 heteroatoms. The number of fused-ring (bicyclic) bond motifs is 1. The molecule has 2 aliphatic heterocycles. The maximum absolute atomic E-state index is 13.5. The predicted octanol–water partition coefficient (Wildman–Crippen LogP) is 2.92. The number of benzene rings is 2. The largest absolute Gasteiger partial charge is 0.497 e. The molecule has 0 amide bonds. The SMILES string of the molecule is COc1ccc(N2CCN([C@@H](c3cc4cc(C)ccc4[nH]c3=O)c3nnnn3C[C@H]3CCCO3)CC2)cc1. The van der Waals surface area contributed by atoms with Crippen molar-refractivity contribution in [1.29, 1.82) is 0 Å². The molecule has 2 aromatic carbocycles.